The monoisotopic (exact) mass is 346 g/mol. The fraction of sp³-hybridized carbons (Fsp3) is 0.417. The SMILES string of the molecule is CCCNS(=O)(=O)Nc1nc(-c2ccc(CCN)s2)cs1. The number of rotatable bonds is 8. The molecule has 2 heterocycles. The first-order valence-electron chi connectivity index (χ1n) is 6.56. The number of nitrogens with one attached hydrogen (secondary N) is 2. The third-order valence-electron chi connectivity index (χ3n) is 2.57. The van der Waals surface area contributed by atoms with Gasteiger partial charge in [0.25, 0.3) is 0 Å². The molecule has 0 aliphatic heterocycles. The van der Waals surface area contributed by atoms with Gasteiger partial charge in [-0.1, -0.05) is 6.92 Å². The maximum absolute atomic E-state index is 11.7. The zero-order valence-corrected chi connectivity index (χ0v) is 14.1. The van der Waals surface area contributed by atoms with Crippen LogP contribution in [0.1, 0.15) is 18.2 Å². The van der Waals surface area contributed by atoms with Crippen molar-refractivity contribution in [2.24, 2.45) is 5.73 Å². The molecule has 0 aliphatic carbocycles. The Kier molecular flexibility index (Phi) is 5.71. The highest BCUT2D eigenvalue weighted by Gasteiger charge is 2.13. The van der Waals surface area contributed by atoms with Crippen LogP contribution in [0.5, 0.6) is 0 Å². The second-order valence-corrected chi connectivity index (χ2v) is 7.87. The molecule has 2 aromatic heterocycles. The molecule has 21 heavy (non-hydrogen) atoms. The van der Waals surface area contributed by atoms with Gasteiger partial charge in [-0.3, -0.25) is 0 Å². The summed E-state index contributed by atoms with van der Waals surface area (Å²) in [6.45, 7) is 2.92. The summed E-state index contributed by atoms with van der Waals surface area (Å²) in [5.41, 5.74) is 6.31. The Morgan fingerprint density at radius 1 is 1.38 bits per heavy atom. The maximum Gasteiger partial charge on any atom is 0.300 e. The molecule has 0 spiro atoms. The molecule has 0 aliphatic rings. The lowest BCUT2D eigenvalue weighted by molar-refractivity contribution is 0.586. The molecule has 0 saturated heterocycles. The molecule has 6 nitrogen and oxygen atoms in total. The number of nitrogens with zero attached hydrogens (tertiary/aromatic N) is 1. The molecule has 2 rings (SSSR count). The first-order chi connectivity index (χ1) is 10.0. The van der Waals surface area contributed by atoms with Gasteiger partial charge in [-0.2, -0.15) is 13.1 Å². The van der Waals surface area contributed by atoms with Crippen LogP contribution in [0.25, 0.3) is 10.6 Å². The molecule has 0 amide bonds. The second-order valence-electron chi connectivity index (χ2n) is 4.34. The lowest BCUT2D eigenvalue weighted by atomic mass is 10.3. The Labute approximate surface area is 132 Å². The fourth-order valence-electron chi connectivity index (χ4n) is 1.61. The molecule has 0 fully saturated rings. The summed E-state index contributed by atoms with van der Waals surface area (Å²) in [6.07, 6.45) is 1.58. The zero-order chi connectivity index (χ0) is 15.3. The predicted octanol–water partition coefficient (Wildman–Crippen LogP) is 2.03. The Bertz CT molecular complexity index is 678. The van der Waals surface area contributed by atoms with Gasteiger partial charge in [0.15, 0.2) is 5.13 Å². The summed E-state index contributed by atoms with van der Waals surface area (Å²) >= 11 is 2.89. The molecular formula is C12H18N4O2S3. The number of hydrogen-bond acceptors (Lipinski definition) is 6. The van der Waals surface area contributed by atoms with Crippen molar-refractivity contribution in [3.8, 4) is 10.6 Å². The van der Waals surface area contributed by atoms with E-state index in [1.807, 2.05) is 24.4 Å². The van der Waals surface area contributed by atoms with E-state index in [4.69, 9.17) is 5.73 Å². The summed E-state index contributed by atoms with van der Waals surface area (Å²) in [7, 11) is -3.53. The summed E-state index contributed by atoms with van der Waals surface area (Å²) < 4.78 is 28.3. The lowest BCUT2D eigenvalue weighted by Crippen LogP contribution is -2.30. The maximum atomic E-state index is 11.7. The van der Waals surface area contributed by atoms with Crippen LogP contribution in [0.4, 0.5) is 5.13 Å². The number of thiazole rings is 1. The number of aromatic nitrogens is 1. The molecule has 9 heteroatoms. The summed E-state index contributed by atoms with van der Waals surface area (Å²) in [5, 5.41) is 2.21. The van der Waals surface area contributed by atoms with Crippen molar-refractivity contribution < 1.29 is 8.42 Å². The van der Waals surface area contributed by atoms with Crippen LogP contribution in [0, 0.1) is 0 Å². The summed E-state index contributed by atoms with van der Waals surface area (Å²) in [6, 6.07) is 4.01. The topological polar surface area (TPSA) is 97.1 Å². The van der Waals surface area contributed by atoms with Crippen LogP contribution in [0.2, 0.25) is 0 Å². The van der Waals surface area contributed by atoms with Crippen molar-refractivity contribution in [3.05, 3.63) is 22.4 Å². The van der Waals surface area contributed by atoms with E-state index in [0.717, 1.165) is 23.4 Å². The minimum atomic E-state index is -3.53. The summed E-state index contributed by atoms with van der Waals surface area (Å²) in [4.78, 5) is 6.53. The molecule has 0 unspecified atom stereocenters. The van der Waals surface area contributed by atoms with Crippen molar-refractivity contribution in [3.63, 3.8) is 0 Å². The highest BCUT2D eigenvalue weighted by molar-refractivity contribution is 7.91. The standard InChI is InChI=1S/C12H18N4O2S3/c1-2-7-14-21(17,18)16-12-15-10(8-19-12)11-4-3-9(20-11)5-6-13/h3-4,8,14H,2,5-7,13H2,1H3,(H,15,16). The molecular weight excluding hydrogens is 328 g/mol. The van der Waals surface area contributed by atoms with Gasteiger partial charge in [0, 0.05) is 16.8 Å². The van der Waals surface area contributed by atoms with Crippen LogP contribution in [-0.2, 0) is 16.6 Å². The molecule has 116 valence electrons. The Hall–Kier alpha value is -1.00. The first-order valence-corrected chi connectivity index (χ1v) is 9.74. The van der Waals surface area contributed by atoms with Crippen molar-refractivity contribution in [1.29, 1.82) is 0 Å². The van der Waals surface area contributed by atoms with Gasteiger partial charge >= 0.3 is 10.2 Å². The second kappa shape index (κ2) is 7.32. The van der Waals surface area contributed by atoms with E-state index in [2.05, 4.69) is 14.4 Å². The van der Waals surface area contributed by atoms with Crippen LogP contribution >= 0.6 is 22.7 Å². The van der Waals surface area contributed by atoms with Gasteiger partial charge in [0.05, 0.1) is 10.6 Å². The van der Waals surface area contributed by atoms with Gasteiger partial charge < -0.3 is 5.73 Å². The number of nitrogens with two attached hydrogens (primary N) is 1. The smallest absolute Gasteiger partial charge is 0.300 e. The Morgan fingerprint density at radius 3 is 2.90 bits per heavy atom. The normalized spacial score (nSPS) is 11.7. The van der Waals surface area contributed by atoms with Crippen molar-refractivity contribution >= 4 is 38.0 Å². The van der Waals surface area contributed by atoms with E-state index in [1.165, 1.54) is 16.2 Å². The highest BCUT2D eigenvalue weighted by Crippen LogP contribution is 2.31. The van der Waals surface area contributed by atoms with Gasteiger partial charge in [-0.15, -0.1) is 22.7 Å². The van der Waals surface area contributed by atoms with E-state index in [9.17, 15) is 8.42 Å². The third-order valence-corrected chi connectivity index (χ3v) is 5.67. The minimum absolute atomic E-state index is 0.363. The molecule has 0 bridgehead atoms. The fourth-order valence-corrected chi connectivity index (χ4v) is 4.57. The Balaban J connectivity index is 2.07. The van der Waals surface area contributed by atoms with E-state index in [1.54, 1.807) is 11.3 Å². The average molecular weight is 347 g/mol. The molecule has 2 aromatic rings. The number of hydrogen-bond donors (Lipinski definition) is 3. The third kappa shape index (κ3) is 4.75. The van der Waals surface area contributed by atoms with Crippen LogP contribution in [0.15, 0.2) is 17.5 Å². The van der Waals surface area contributed by atoms with Gasteiger partial charge in [-0.05, 0) is 31.5 Å². The van der Waals surface area contributed by atoms with Gasteiger partial charge in [0.1, 0.15) is 0 Å². The number of thiophene rings is 1. The molecule has 0 saturated carbocycles. The quantitative estimate of drug-likeness (QED) is 0.681. The molecule has 4 N–H and O–H groups in total. The summed E-state index contributed by atoms with van der Waals surface area (Å²) in [5.74, 6) is 0. The molecule has 0 atom stereocenters. The van der Waals surface area contributed by atoms with Gasteiger partial charge in [0.2, 0.25) is 0 Å². The highest BCUT2D eigenvalue weighted by atomic mass is 32.2. The van der Waals surface area contributed by atoms with Crippen molar-refractivity contribution in [2.75, 3.05) is 17.8 Å². The Morgan fingerprint density at radius 2 is 2.19 bits per heavy atom. The van der Waals surface area contributed by atoms with Crippen molar-refractivity contribution in [2.45, 2.75) is 19.8 Å². The van der Waals surface area contributed by atoms with E-state index in [-0.39, 0.29) is 0 Å². The zero-order valence-electron chi connectivity index (χ0n) is 11.6. The van der Waals surface area contributed by atoms with Gasteiger partial charge in [-0.25, -0.2) is 9.71 Å². The predicted molar refractivity (Wildman–Crippen MR) is 89.0 cm³/mol. The van der Waals surface area contributed by atoms with E-state index < -0.39 is 10.2 Å². The molecule has 0 radical (unpaired) electrons. The lowest BCUT2D eigenvalue weighted by Gasteiger charge is -2.04. The van der Waals surface area contributed by atoms with Crippen LogP contribution < -0.4 is 15.2 Å². The molecule has 0 aromatic carbocycles. The van der Waals surface area contributed by atoms with Crippen LogP contribution in [0.3, 0.4) is 0 Å². The van der Waals surface area contributed by atoms with Crippen molar-refractivity contribution in [1.82, 2.24) is 9.71 Å². The van der Waals surface area contributed by atoms with Crippen LogP contribution in [-0.4, -0.2) is 26.5 Å². The minimum Gasteiger partial charge on any atom is -0.330 e. The van der Waals surface area contributed by atoms with E-state index in [0.29, 0.717) is 18.2 Å². The average Bonchev–Trinajstić information content (AvgIpc) is 3.05. The first kappa shape index (κ1) is 16.4. The largest absolute Gasteiger partial charge is 0.330 e. The van der Waals surface area contributed by atoms with E-state index >= 15 is 0 Å². The number of anilines is 1.